The number of nitrogens with zero attached hydrogens (tertiary/aromatic N) is 2. The van der Waals surface area contributed by atoms with Crippen LogP contribution in [-0.4, -0.2) is 39.1 Å². The molecule has 16 heavy (non-hydrogen) atoms. The summed E-state index contributed by atoms with van der Waals surface area (Å²) < 4.78 is 0. The molecule has 1 atom stereocenters. The second kappa shape index (κ2) is 5.16. The van der Waals surface area contributed by atoms with Crippen molar-refractivity contribution in [2.45, 2.75) is 6.42 Å². The molecule has 0 bridgehead atoms. The van der Waals surface area contributed by atoms with Crippen LogP contribution in [-0.2, 0) is 0 Å². The summed E-state index contributed by atoms with van der Waals surface area (Å²) in [6, 6.07) is 1.39. The molecule has 0 spiro atoms. The first-order chi connectivity index (χ1) is 7.75. The monoisotopic (exact) mass is 239 g/mol. The van der Waals surface area contributed by atoms with Crippen LogP contribution in [0.25, 0.3) is 0 Å². The SMILES string of the molecule is O=C(O)c1ccnc(NCC2CCSC2)n1. The van der Waals surface area contributed by atoms with Crippen LogP contribution in [0.15, 0.2) is 12.3 Å². The Kier molecular flexibility index (Phi) is 3.61. The maximum absolute atomic E-state index is 10.7. The fourth-order valence-corrected chi connectivity index (χ4v) is 2.83. The highest BCUT2D eigenvalue weighted by molar-refractivity contribution is 7.99. The van der Waals surface area contributed by atoms with Gasteiger partial charge in [0.25, 0.3) is 0 Å². The quantitative estimate of drug-likeness (QED) is 0.826. The molecular formula is C10H13N3O2S. The van der Waals surface area contributed by atoms with Gasteiger partial charge in [0.1, 0.15) is 0 Å². The lowest BCUT2D eigenvalue weighted by Crippen LogP contribution is -2.16. The Labute approximate surface area is 97.7 Å². The van der Waals surface area contributed by atoms with E-state index in [0.717, 1.165) is 12.3 Å². The maximum atomic E-state index is 10.7. The second-order valence-electron chi connectivity index (χ2n) is 3.68. The molecule has 1 aliphatic rings. The van der Waals surface area contributed by atoms with Gasteiger partial charge in [-0.2, -0.15) is 11.8 Å². The molecule has 0 amide bonds. The van der Waals surface area contributed by atoms with Gasteiger partial charge in [0.15, 0.2) is 5.69 Å². The average Bonchev–Trinajstić information content (AvgIpc) is 2.79. The zero-order valence-corrected chi connectivity index (χ0v) is 9.54. The molecule has 0 saturated carbocycles. The molecule has 2 rings (SSSR count). The Balaban J connectivity index is 1.93. The maximum Gasteiger partial charge on any atom is 0.354 e. The number of carboxylic acids is 1. The van der Waals surface area contributed by atoms with E-state index in [2.05, 4.69) is 15.3 Å². The van der Waals surface area contributed by atoms with Crippen LogP contribution in [0, 0.1) is 5.92 Å². The summed E-state index contributed by atoms with van der Waals surface area (Å²) in [7, 11) is 0. The summed E-state index contributed by atoms with van der Waals surface area (Å²) in [5.74, 6) is 2.38. The lowest BCUT2D eigenvalue weighted by molar-refractivity contribution is 0.0690. The number of hydrogen-bond donors (Lipinski definition) is 2. The standard InChI is InChI=1S/C10H13N3O2S/c14-9(15)8-1-3-11-10(13-8)12-5-7-2-4-16-6-7/h1,3,7H,2,4-6H2,(H,14,15)(H,11,12,13). The Morgan fingerprint density at radius 3 is 3.25 bits per heavy atom. The molecule has 2 N–H and O–H groups in total. The smallest absolute Gasteiger partial charge is 0.354 e. The second-order valence-corrected chi connectivity index (χ2v) is 4.83. The van der Waals surface area contributed by atoms with Gasteiger partial charge in [-0.05, 0) is 29.9 Å². The van der Waals surface area contributed by atoms with Crippen molar-refractivity contribution in [1.82, 2.24) is 9.97 Å². The third-order valence-electron chi connectivity index (χ3n) is 2.45. The number of rotatable bonds is 4. The summed E-state index contributed by atoms with van der Waals surface area (Å²) in [5.41, 5.74) is 0.0262. The van der Waals surface area contributed by atoms with E-state index in [1.54, 1.807) is 0 Å². The molecule has 0 radical (unpaired) electrons. The summed E-state index contributed by atoms with van der Waals surface area (Å²) in [6.07, 6.45) is 2.67. The molecular weight excluding hydrogens is 226 g/mol. The van der Waals surface area contributed by atoms with Gasteiger partial charge in [0.2, 0.25) is 5.95 Å². The van der Waals surface area contributed by atoms with Crippen LogP contribution >= 0.6 is 11.8 Å². The largest absolute Gasteiger partial charge is 0.477 e. The van der Waals surface area contributed by atoms with Crippen molar-refractivity contribution in [1.29, 1.82) is 0 Å². The summed E-state index contributed by atoms with van der Waals surface area (Å²) in [4.78, 5) is 18.6. The number of carbonyl (C=O) groups is 1. The van der Waals surface area contributed by atoms with E-state index in [4.69, 9.17) is 5.11 Å². The third kappa shape index (κ3) is 2.85. The molecule has 1 aromatic heterocycles. The van der Waals surface area contributed by atoms with Crippen molar-refractivity contribution in [3.05, 3.63) is 18.0 Å². The summed E-state index contributed by atoms with van der Waals surface area (Å²) in [6.45, 7) is 0.816. The van der Waals surface area contributed by atoms with Crippen LogP contribution in [0.5, 0.6) is 0 Å². The van der Waals surface area contributed by atoms with E-state index in [9.17, 15) is 4.79 Å². The van der Waals surface area contributed by atoms with Gasteiger partial charge in [-0.1, -0.05) is 0 Å². The van der Waals surface area contributed by atoms with E-state index in [1.807, 2.05) is 11.8 Å². The Bertz CT molecular complexity index is 380. The predicted octanol–water partition coefficient (Wildman–Crippen LogP) is 1.34. The number of aromatic carboxylic acids is 1. The highest BCUT2D eigenvalue weighted by Crippen LogP contribution is 2.23. The Morgan fingerprint density at radius 1 is 1.69 bits per heavy atom. The van der Waals surface area contributed by atoms with E-state index >= 15 is 0 Å². The molecule has 0 aromatic carbocycles. The van der Waals surface area contributed by atoms with Crippen LogP contribution < -0.4 is 5.32 Å². The minimum absolute atomic E-state index is 0.0262. The van der Waals surface area contributed by atoms with Crippen molar-refractivity contribution in [3.63, 3.8) is 0 Å². The van der Waals surface area contributed by atoms with Crippen molar-refractivity contribution in [2.24, 2.45) is 5.92 Å². The van der Waals surface area contributed by atoms with Crippen LogP contribution in [0.1, 0.15) is 16.9 Å². The lowest BCUT2D eigenvalue weighted by atomic mass is 10.1. The minimum Gasteiger partial charge on any atom is -0.477 e. The molecule has 1 fully saturated rings. The fraction of sp³-hybridized carbons (Fsp3) is 0.500. The zero-order chi connectivity index (χ0) is 11.4. The average molecular weight is 239 g/mol. The van der Waals surface area contributed by atoms with Crippen LogP contribution in [0.4, 0.5) is 5.95 Å². The zero-order valence-electron chi connectivity index (χ0n) is 8.72. The topological polar surface area (TPSA) is 75.1 Å². The van der Waals surface area contributed by atoms with Crippen molar-refractivity contribution in [2.75, 3.05) is 23.4 Å². The van der Waals surface area contributed by atoms with Crippen molar-refractivity contribution in [3.8, 4) is 0 Å². The number of nitrogens with one attached hydrogen (secondary N) is 1. The predicted molar refractivity (Wildman–Crippen MR) is 62.9 cm³/mol. The number of carboxylic acid groups (broad SMARTS) is 1. The van der Waals surface area contributed by atoms with E-state index < -0.39 is 5.97 Å². The molecule has 1 aliphatic heterocycles. The first kappa shape index (κ1) is 11.2. The summed E-state index contributed by atoms with van der Waals surface area (Å²) in [5, 5.41) is 11.9. The third-order valence-corrected chi connectivity index (χ3v) is 3.68. The van der Waals surface area contributed by atoms with E-state index in [-0.39, 0.29) is 5.69 Å². The van der Waals surface area contributed by atoms with Gasteiger partial charge in [-0.15, -0.1) is 0 Å². The van der Waals surface area contributed by atoms with Gasteiger partial charge in [-0.25, -0.2) is 14.8 Å². The normalized spacial score (nSPS) is 19.6. The number of anilines is 1. The van der Waals surface area contributed by atoms with Crippen LogP contribution in [0.2, 0.25) is 0 Å². The Morgan fingerprint density at radius 2 is 2.56 bits per heavy atom. The molecule has 86 valence electrons. The first-order valence-corrected chi connectivity index (χ1v) is 6.29. The van der Waals surface area contributed by atoms with Gasteiger partial charge in [0, 0.05) is 12.7 Å². The van der Waals surface area contributed by atoms with Gasteiger partial charge < -0.3 is 10.4 Å². The fourth-order valence-electron chi connectivity index (χ4n) is 1.54. The number of thioether (sulfide) groups is 1. The number of aromatic nitrogens is 2. The Hall–Kier alpha value is -1.30. The van der Waals surface area contributed by atoms with Crippen molar-refractivity contribution >= 4 is 23.7 Å². The molecule has 6 heteroatoms. The molecule has 2 heterocycles. The first-order valence-electron chi connectivity index (χ1n) is 5.13. The van der Waals surface area contributed by atoms with E-state index in [1.165, 1.54) is 24.4 Å². The molecule has 0 aliphatic carbocycles. The highest BCUT2D eigenvalue weighted by atomic mass is 32.2. The lowest BCUT2D eigenvalue weighted by Gasteiger charge is -2.09. The van der Waals surface area contributed by atoms with Gasteiger partial charge in [-0.3, -0.25) is 0 Å². The highest BCUT2D eigenvalue weighted by Gasteiger charge is 2.15. The van der Waals surface area contributed by atoms with Gasteiger partial charge >= 0.3 is 5.97 Å². The van der Waals surface area contributed by atoms with E-state index in [0.29, 0.717) is 11.9 Å². The minimum atomic E-state index is -1.03. The molecule has 1 aromatic rings. The molecule has 5 nitrogen and oxygen atoms in total. The van der Waals surface area contributed by atoms with Crippen LogP contribution in [0.3, 0.4) is 0 Å². The molecule has 1 saturated heterocycles. The van der Waals surface area contributed by atoms with Gasteiger partial charge in [0.05, 0.1) is 0 Å². The molecule has 1 unspecified atom stereocenters. The van der Waals surface area contributed by atoms with Crippen molar-refractivity contribution < 1.29 is 9.90 Å². The summed E-state index contributed by atoms with van der Waals surface area (Å²) >= 11 is 1.95. The number of hydrogen-bond acceptors (Lipinski definition) is 5.